The highest BCUT2D eigenvalue weighted by atomic mass is 32.2. The molecule has 12 heteroatoms. The standard InChI is InChI=1S/C23H26N6O5S/c1-32-15-12-29-22(34-13-15)20(11-26-29)35(24,31)28-23(30)27-19-7-6-16(17-4-3-5-18(17)19)14-8-9-25-21(10-14)33-2/h6-11,15H,3-5,12-13H2,1-2H3,(H3,24,27,28,30,31)/t15-,35-/m0/s1. The maximum atomic E-state index is 13.1. The molecular formula is C23H26N6O5S. The molecule has 1 aliphatic carbocycles. The summed E-state index contributed by atoms with van der Waals surface area (Å²) in [6.07, 6.45) is 5.45. The van der Waals surface area contributed by atoms with Crippen molar-refractivity contribution in [3.05, 3.63) is 47.8 Å². The Hall–Kier alpha value is -3.64. The van der Waals surface area contributed by atoms with Crippen LogP contribution in [0, 0.1) is 4.78 Å². The van der Waals surface area contributed by atoms with Crippen LogP contribution in [-0.4, -0.2) is 51.9 Å². The predicted molar refractivity (Wildman–Crippen MR) is 128 cm³/mol. The first-order chi connectivity index (χ1) is 16.9. The molecule has 2 amide bonds. The second-order valence-corrected chi connectivity index (χ2v) is 10.1. The number of anilines is 1. The van der Waals surface area contributed by atoms with Crippen LogP contribution in [0.4, 0.5) is 10.5 Å². The van der Waals surface area contributed by atoms with E-state index in [1.54, 1.807) is 20.4 Å². The molecule has 5 rings (SSSR count). The maximum absolute atomic E-state index is 13.1. The number of urea groups is 1. The molecular weight excluding hydrogens is 472 g/mol. The number of fused-ring (bicyclic) bond motifs is 2. The SMILES string of the molecule is COc1cc(-c2ccc(NC(=O)N[S@](=N)(=O)c3cnn4c3OC[C@@H](OC)C4)c3c2CCC3)ccn1. The molecule has 0 unspecified atom stereocenters. The first kappa shape index (κ1) is 23.1. The van der Waals surface area contributed by atoms with Crippen LogP contribution in [0.15, 0.2) is 41.6 Å². The second-order valence-electron chi connectivity index (χ2n) is 8.34. The molecule has 11 nitrogen and oxygen atoms in total. The van der Waals surface area contributed by atoms with Crippen molar-refractivity contribution in [1.29, 1.82) is 4.78 Å². The van der Waals surface area contributed by atoms with E-state index in [4.69, 9.17) is 19.0 Å². The molecule has 2 aliphatic rings. The Morgan fingerprint density at radius 1 is 1.26 bits per heavy atom. The zero-order chi connectivity index (χ0) is 24.6. The molecule has 1 aromatic carbocycles. The summed E-state index contributed by atoms with van der Waals surface area (Å²) in [5.41, 5.74) is 4.86. The molecule has 3 N–H and O–H groups in total. The van der Waals surface area contributed by atoms with Gasteiger partial charge >= 0.3 is 6.03 Å². The van der Waals surface area contributed by atoms with Gasteiger partial charge in [0, 0.05) is 25.1 Å². The molecule has 0 saturated carbocycles. The number of ether oxygens (including phenoxy) is 3. The van der Waals surface area contributed by atoms with Crippen molar-refractivity contribution in [2.45, 2.75) is 36.8 Å². The van der Waals surface area contributed by atoms with Crippen LogP contribution in [0.25, 0.3) is 11.1 Å². The number of pyridine rings is 1. The summed E-state index contributed by atoms with van der Waals surface area (Å²) in [4.78, 5) is 17.0. The van der Waals surface area contributed by atoms with Gasteiger partial charge in [-0.25, -0.2) is 28.2 Å². The lowest BCUT2D eigenvalue weighted by Gasteiger charge is -2.23. The highest BCUT2D eigenvalue weighted by molar-refractivity contribution is 7.91. The molecule has 0 radical (unpaired) electrons. The monoisotopic (exact) mass is 498 g/mol. The number of hydrogen-bond donors (Lipinski definition) is 3. The molecule has 2 atom stereocenters. The Morgan fingerprint density at radius 3 is 2.89 bits per heavy atom. The number of nitrogens with one attached hydrogen (secondary N) is 3. The first-order valence-corrected chi connectivity index (χ1v) is 12.7. The van der Waals surface area contributed by atoms with E-state index < -0.39 is 15.9 Å². The van der Waals surface area contributed by atoms with Gasteiger partial charge in [0.1, 0.15) is 17.6 Å². The van der Waals surface area contributed by atoms with Crippen LogP contribution < -0.4 is 19.5 Å². The van der Waals surface area contributed by atoms with Gasteiger partial charge in [-0.3, -0.25) is 0 Å². The molecule has 0 saturated heterocycles. The van der Waals surface area contributed by atoms with Crippen LogP contribution in [0.3, 0.4) is 0 Å². The molecule has 3 heterocycles. The number of methoxy groups -OCH3 is 2. The fourth-order valence-electron chi connectivity index (χ4n) is 4.51. The molecule has 0 bridgehead atoms. The van der Waals surface area contributed by atoms with E-state index in [2.05, 4.69) is 20.1 Å². The summed E-state index contributed by atoms with van der Waals surface area (Å²) in [6, 6.07) is 6.85. The lowest BCUT2D eigenvalue weighted by atomic mass is 9.96. The van der Waals surface area contributed by atoms with Crippen molar-refractivity contribution >= 4 is 21.6 Å². The third kappa shape index (κ3) is 4.42. The van der Waals surface area contributed by atoms with Crippen molar-refractivity contribution in [1.82, 2.24) is 19.5 Å². The van der Waals surface area contributed by atoms with Gasteiger partial charge < -0.3 is 19.5 Å². The van der Waals surface area contributed by atoms with Gasteiger partial charge in [-0.2, -0.15) is 5.10 Å². The number of amides is 2. The first-order valence-electron chi connectivity index (χ1n) is 11.1. The summed E-state index contributed by atoms with van der Waals surface area (Å²) in [5.74, 6) is 0.738. The van der Waals surface area contributed by atoms with Crippen LogP contribution in [0.5, 0.6) is 11.8 Å². The summed E-state index contributed by atoms with van der Waals surface area (Å²) in [7, 11) is -0.559. The lowest BCUT2D eigenvalue weighted by molar-refractivity contribution is 0.0165. The van der Waals surface area contributed by atoms with Crippen LogP contribution in [-0.2, 0) is 34.0 Å². The number of rotatable bonds is 6. The number of hydrogen-bond acceptors (Lipinski definition) is 8. The van der Waals surface area contributed by atoms with E-state index in [0.29, 0.717) is 18.1 Å². The summed E-state index contributed by atoms with van der Waals surface area (Å²) in [5, 5.41) is 6.92. The van der Waals surface area contributed by atoms with Crippen LogP contribution in [0.2, 0.25) is 0 Å². The fraction of sp³-hybridized carbons (Fsp3) is 0.348. The summed E-state index contributed by atoms with van der Waals surface area (Å²) in [6.45, 7) is 0.661. The maximum Gasteiger partial charge on any atom is 0.331 e. The van der Waals surface area contributed by atoms with Gasteiger partial charge in [0.05, 0.1) is 19.9 Å². The van der Waals surface area contributed by atoms with Crippen molar-refractivity contribution in [3.63, 3.8) is 0 Å². The zero-order valence-corrected chi connectivity index (χ0v) is 20.2. The Bertz CT molecular complexity index is 1390. The molecule has 35 heavy (non-hydrogen) atoms. The zero-order valence-electron chi connectivity index (χ0n) is 19.4. The van der Waals surface area contributed by atoms with E-state index in [9.17, 15) is 9.00 Å². The fourth-order valence-corrected chi connectivity index (χ4v) is 5.53. The highest BCUT2D eigenvalue weighted by Crippen LogP contribution is 2.37. The van der Waals surface area contributed by atoms with Crippen molar-refractivity contribution in [2.24, 2.45) is 0 Å². The largest absolute Gasteiger partial charge is 0.481 e. The molecule has 0 fully saturated rings. The quantitative estimate of drug-likeness (QED) is 0.474. The minimum absolute atomic E-state index is 0.0226. The third-order valence-electron chi connectivity index (χ3n) is 6.21. The van der Waals surface area contributed by atoms with Gasteiger partial charge in [-0.05, 0) is 53.6 Å². The van der Waals surface area contributed by atoms with Gasteiger partial charge in [-0.1, -0.05) is 6.07 Å². The lowest BCUT2D eigenvalue weighted by Crippen LogP contribution is -2.35. The molecule has 184 valence electrons. The number of carbonyl (C=O) groups is 1. The number of carbonyl (C=O) groups excluding carboxylic acids is 1. The minimum Gasteiger partial charge on any atom is -0.481 e. The second kappa shape index (κ2) is 9.19. The average Bonchev–Trinajstić information content (AvgIpc) is 3.51. The van der Waals surface area contributed by atoms with Gasteiger partial charge in [0.25, 0.3) is 0 Å². The Kier molecular flexibility index (Phi) is 6.07. The molecule has 3 aromatic rings. The predicted octanol–water partition coefficient (Wildman–Crippen LogP) is 2.99. The highest BCUT2D eigenvalue weighted by Gasteiger charge is 2.29. The Labute approximate surface area is 202 Å². The Balaban J connectivity index is 1.35. The van der Waals surface area contributed by atoms with Crippen molar-refractivity contribution < 1.29 is 23.2 Å². The van der Waals surface area contributed by atoms with Gasteiger partial charge in [0.2, 0.25) is 11.8 Å². The van der Waals surface area contributed by atoms with Crippen LogP contribution >= 0.6 is 0 Å². The minimum atomic E-state index is -3.71. The summed E-state index contributed by atoms with van der Waals surface area (Å²) < 4.78 is 41.3. The Morgan fingerprint density at radius 2 is 2.09 bits per heavy atom. The van der Waals surface area contributed by atoms with E-state index >= 15 is 0 Å². The molecule has 1 aliphatic heterocycles. The van der Waals surface area contributed by atoms with E-state index in [0.717, 1.165) is 41.5 Å². The van der Waals surface area contributed by atoms with Crippen molar-refractivity contribution in [2.75, 3.05) is 26.1 Å². The van der Waals surface area contributed by atoms with Gasteiger partial charge in [0.15, 0.2) is 9.92 Å². The number of aromatic nitrogens is 3. The van der Waals surface area contributed by atoms with Crippen LogP contribution in [0.1, 0.15) is 17.5 Å². The smallest absolute Gasteiger partial charge is 0.331 e. The third-order valence-corrected chi connectivity index (χ3v) is 7.58. The summed E-state index contributed by atoms with van der Waals surface area (Å²) >= 11 is 0. The van der Waals surface area contributed by atoms with E-state index in [1.807, 2.05) is 24.3 Å². The topological polar surface area (TPSA) is 140 Å². The van der Waals surface area contributed by atoms with Gasteiger partial charge in [-0.15, -0.1) is 0 Å². The van der Waals surface area contributed by atoms with E-state index in [-0.39, 0.29) is 23.5 Å². The average molecular weight is 499 g/mol. The number of nitrogens with zero attached hydrogens (tertiary/aromatic N) is 3. The van der Waals surface area contributed by atoms with E-state index in [1.165, 1.54) is 10.9 Å². The molecule has 0 spiro atoms. The molecule has 2 aromatic heterocycles. The van der Waals surface area contributed by atoms with Crippen molar-refractivity contribution in [3.8, 4) is 22.9 Å². The number of benzene rings is 1. The normalized spacial score (nSPS) is 18.1.